The fraction of sp³-hybridized carbons (Fsp3) is 0.417. The minimum atomic E-state index is -0.158. The summed E-state index contributed by atoms with van der Waals surface area (Å²) < 4.78 is 0. The van der Waals surface area contributed by atoms with Crippen molar-refractivity contribution in [2.45, 2.75) is 19.8 Å². The average Bonchev–Trinajstić information content (AvgIpc) is 2.33. The predicted molar refractivity (Wildman–Crippen MR) is 63.3 cm³/mol. The number of amides is 2. The Balaban J connectivity index is 1.98. The van der Waals surface area contributed by atoms with Crippen LogP contribution in [0, 0.1) is 12.8 Å². The van der Waals surface area contributed by atoms with Crippen LogP contribution >= 0.6 is 0 Å². The summed E-state index contributed by atoms with van der Waals surface area (Å²) in [5.74, 6) is 0.373. The predicted octanol–water partition coefficient (Wildman–Crippen LogP) is 0.855. The van der Waals surface area contributed by atoms with Crippen LogP contribution in [-0.2, 0) is 9.59 Å². The van der Waals surface area contributed by atoms with Crippen LogP contribution in [0.25, 0.3) is 0 Å². The van der Waals surface area contributed by atoms with E-state index in [1.54, 1.807) is 6.20 Å². The second-order valence-corrected chi connectivity index (χ2v) is 4.20. The van der Waals surface area contributed by atoms with Gasteiger partial charge in [0, 0.05) is 19.2 Å². The van der Waals surface area contributed by atoms with Crippen LogP contribution in [0.2, 0.25) is 0 Å². The maximum Gasteiger partial charge on any atom is 0.230 e. The van der Waals surface area contributed by atoms with Gasteiger partial charge in [0.05, 0.1) is 5.92 Å². The van der Waals surface area contributed by atoms with Gasteiger partial charge in [0.25, 0.3) is 0 Å². The molecule has 2 amide bonds. The molecule has 1 aliphatic heterocycles. The number of nitrogens with zero attached hydrogens (tertiary/aromatic N) is 1. The van der Waals surface area contributed by atoms with Gasteiger partial charge in [-0.2, -0.15) is 0 Å². The first-order valence-corrected chi connectivity index (χ1v) is 5.66. The smallest absolute Gasteiger partial charge is 0.230 e. The first kappa shape index (κ1) is 11.6. The van der Waals surface area contributed by atoms with Gasteiger partial charge in [-0.05, 0) is 25.0 Å². The first-order valence-electron chi connectivity index (χ1n) is 5.66. The fourth-order valence-corrected chi connectivity index (χ4v) is 1.79. The van der Waals surface area contributed by atoms with E-state index in [1.807, 2.05) is 19.1 Å². The summed E-state index contributed by atoms with van der Waals surface area (Å²) >= 11 is 0. The molecule has 1 aliphatic rings. The Labute approximate surface area is 99.6 Å². The summed E-state index contributed by atoms with van der Waals surface area (Å²) in [5, 5.41) is 5.49. The molecule has 0 spiro atoms. The Hall–Kier alpha value is -1.91. The molecule has 1 atom stereocenters. The van der Waals surface area contributed by atoms with Crippen molar-refractivity contribution in [1.82, 2.24) is 10.3 Å². The maximum absolute atomic E-state index is 11.9. The van der Waals surface area contributed by atoms with Crippen molar-refractivity contribution in [3.05, 3.63) is 23.9 Å². The van der Waals surface area contributed by atoms with E-state index in [9.17, 15) is 9.59 Å². The second kappa shape index (κ2) is 4.95. The van der Waals surface area contributed by atoms with Gasteiger partial charge in [-0.25, -0.2) is 4.98 Å². The van der Waals surface area contributed by atoms with Gasteiger partial charge >= 0.3 is 0 Å². The highest BCUT2D eigenvalue weighted by atomic mass is 16.2. The standard InChI is InChI=1S/C12H15N3O2/c1-8-3-2-6-13-11(8)15-12(17)9-4-5-10(16)14-7-9/h2-3,6,9H,4-5,7H2,1H3,(H,14,16)(H,13,15,17). The molecule has 2 rings (SSSR count). The quantitative estimate of drug-likeness (QED) is 0.795. The number of hydrogen-bond acceptors (Lipinski definition) is 3. The summed E-state index contributed by atoms with van der Waals surface area (Å²) in [4.78, 5) is 27.0. The molecule has 17 heavy (non-hydrogen) atoms. The summed E-state index contributed by atoms with van der Waals surface area (Å²) in [7, 11) is 0. The second-order valence-electron chi connectivity index (χ2n) is 4.20. The third-order valence-electron chi connectivity index (χ3n) is 2.89. The van der Waals surface area contributed by atoms with Gasteiger partial charge < -0.3 is 10.6 Å². The monoisotopic (exact) mass is 233 g/mol. The molecule has 0 saturated carbocycles. The number of piperidine rings is 1. The molecule has 1 aromatic heterocycles. The molecule has 2 N–H and O–H groups in total. The minimum Gasteiger partial charge on any atom is -0.355 e. The van der Waals surface area contributed by atoms with Crippen molar-refractivity contribution in [3.8, 4) is 0 Å². The molecule has 1 fully saturated rings. The summed E-state index contributed by atoms with van der Waals surface area (Å²) in [6, 6.07) is 3.72. The number of rotatable bonds is 2. The van der Waals surface area contributed by atoms with E-state index >= 15 is 0 Å². The van der Waals surface area contributed by atoms with Crippen LogP contribution in [0.5, 0.6) is 0 Å². The molecule has 0 aromatic carbocycles. The van der Waals surface area contributed by atoms with Crippen LogP contribution < -0.4 is 10.6 Å². The molecule has 1 saturated heterocycles. The Kier molecular flexibility index (Phi) is 3.37. The number of carbonyl (C=O) groups is 2. The fourth-order valence-electron chi connectivity index (χ4n) is 1.79. The third kappa shape index (κ3) is 2.81. The molecule has 1 aromatic rings. The number of aromatic nitrogens is 1. The van der Waals surface area contributed by atoms with Crippen LogP contribution in [-0.4, -0.2) is 23.3 Å². The summed E-state index contributed by atoms with van der Waals surface area (Å²) in [5.41, 5.74) is 0.931. The van der Waals surface area contributed by atoms with Crippen LogP contribution in [0.15, 0.2) is 18.3 Å². The highest BCUT2D eigenvalue weighted by molar-refractivity contribution is 5.93. The zero-order valence-electron chi connectivity index (χ0n) is 9.69. The van der Waals surface area contributed by atoms with Crippen LogP contribution in [0.3, 0.4) is 0 Å². The first-order chi connectivity index (χ1) is 8.16. The lowest BCUT2D eigenvalue weighted by atomic mass is 9.98. The van der Waals surface area contributed by atoms with E-state index in [0.29, 0.717) is 25.2 Å². The van der Waals surface area contributed by atoms with Gasteiger partial charge in [-0.1, -0.05) is 6.07 Å². The molecular formula is C12H15N3O2. The lowest BCUT2D eigenvalue weighted by Crippen LogP contribution is -2.40. The highest BCUT2D eigenvalue weighted by Crippen LogP contribution is 2.15. The van der Waals surface area contributed by atoms with Crippen LogP contribution in [0.1, 0.15) is 18.4 Å². The van der Waals surface area contributed by atoms with Crippen LogP contribution in [0.4, 0.5) is 5.82 Å². The van der Waals surface area contributed by atoms with E-state index in [2.05, 4.69) is 15.6 Å². The van der Waals surface area contributed by atoms with Gasteiger partial charge in [0.2, 0.25) is 11.8 Å². The average molecular weight is 233 g/mol. The van der Waals surface area contributed by atoms with Crippen molar-refractivity contribution in [1.29, 1.82) is 0 Å². The number of hydrogen-bond donors (Lipinski definition) is 2. The number of anilines is 1. The molecule has 0 aliphatic carbocycles. The zero-order chi connectivity index (χ0) is 12.3. The molecular weight excluding hydrogens is 218 g/mol. The van der Waals surface area contributed by atoms with E-state index < -0.39 is 0 Å². The van der Waals surface area contributed by atoms with Crippen molar-refractivity contribution >= 4 is 17.6 Å². The topological polar surface area (TPSA) is 71.1 Å². The number of carbonyl (C=O) groups excluding carboxylic acids is 2. The Morgan fingerprint density at radius 2 is 2.41 bits per heavy atom. The van der Waals surface area contributed by atoms with E-state index in [1.165, 1.54) is 0 Å². The number of nitrogens with one attached hydrogen (secondary N) is 2. The largest absolute Gasteiger partial charge is 0.355 e. The Morgan fingerprint density at radius 3 is 3.06 bits per heavy atom. The van der Waals surface area contributed by atoms with Crippen molar-refractivity contribution < 1.29 is 9.59 Å². The zero-order valence-corrected chi connectivity index (χ0v) is 9.69. The Bertz CT molecular complexity index is 435. The van der Waals surface area contributed by atoms with E-state index in [0.717, 1.165) is 5.56 Å². The lowest BCUT2D eigenvalue weighted by molar-refractivity contribution is -0.126. The van der Waals surface area contributed by atoms with Gasteiger partial charge in [0.15, 0.2) is 0 Å². The summed E-state index contributed by atoms with van der Waals surface area (Å²) in [6.07, 6.45) is 2.66. The SMILES string of the molecule is Cc1cccnc1NC(=O)C1CCC(=O)NC1. The normalized spacial score (nSPS) is 19.6. The van der Waals surface area contributed by atoms with Gasteiger partial charge in [-0.15, -0.1) is 0 Å². The number of pyridine rings is 1. The Morgan fingerprint density at radius 1 is 1.59 bits per heavy atom. The number of aryl methyl sites for hydroxylation is 1. The van der Waals surface area contributed by atoms with E-state index in [-0.39, 0.29) is 17.7 Å². The molecule has 90 valence electrons. The van der Waals surface area contributed by atoms with Crippen molar-refractivity contribution in [2.75, 3.05) is 11.9 Å². The van der Waals surface area contributed by atoms with E-state index in [4.69, 9.17) is 0 Å². The molecule has 5 nitrogen and oxygen atoms in total. The van der Waals surface area contributed by atoms with Gasteiger partial charge in [0.1, 0.15) is 5.82 Å². The third-order valence-corrected chi connectivity index (χ3v) is 2.89. The summed E-state index contributed by atoms with van der Waals surface area (Å²) in [6.45, 7) is 2.31. The molecule has 1 unspecified atom stereocenters. The minimum absolute atomic E-state index is 0.0167. The highest BCUT2D eigenvalue weighted by Gasteiger charge is 2.24. The lowest BCUT2D eigenvalue weighted by Gasteiger charge is -2.21. The molecule has 5 heteroatoms. The maximum atomic E-state index is 11.9. The molecule has 0 bridgehead atoms. The van der Waals surface area contributed by atoms with Gasteiger partial charge in [-0.3, -0.25) is 9.59 Å². The molecule has 0 radical (unpaired) electrons. The van der Waals surface area contributed by atoms with Crippen molar-refractivity contribution in [2.24, 2.45) is 5.92 Å². The molecule has 2 heterocycles. The van der Waals surface area contributed by atoms with Crippen molar-refractivity contribution in [3.63, 3.8) is 0 Å².